The van der Waals surface area contributed by atoms with Crippen LogP contribution in [0.25, 0.3) is 0 Å². The molecule has 25 heavy (non-hydrogen) atoms. The Morgan fingerprint density at radius 1 is 0.880 bits per heavy atom. The predicted octanol–water partition coefficient (Wildman–Crippen LogP) is 3.88. The lowest BCUT2D eigenvalue weighted by molar-refractivity contribution is -0.133. The first kappa shape index (κ1) is 19.5. The Morgan fingerprint density at radius 2 is 1.32 bits per heavy atom. The molecular weight excluding hydrogens is 332 g/mol. The number of carbonyl (C=O) groups excluding carboxylic acids is 1. The number of rotatable bonds is 4. The number of hydrogen-bond donors (Lipinski definition) is 0. The van der Waals surface area contributed by atoms with Crippen molar-refractivity contribution in [3.63, 3.8) is 0 Å². The van der Waals surface area contributed by atoms with Crippen LogP contribution in [0.1, 0.15) is 36.1 Å². The van der Waals surface area contributed by atoms with E-state index >= 15 is 0 Å². The fraction of sp³-hybridized carbons (Fsp3) is 0.381. The molecule has 1 aliphatic rings. The van der Waals surface area contributed by atoms with Gasteiger partial charge in [0.1, 0.15) is 0 Å². The number of halogens is 1. The van der Waals surface area contributed by atoms with Gasteiger partial charge in [0.25, 0.3) is 0 Å². The van der Waals surface area contributed by atoms with Crippen molar-refractivity contribution in [2.45, 2.75) is 33.4 Å². The van der Waals surface area contributed by atoms with Gasteiger partial charge in [-0.25, -0.2) is 0 Å². The zero-order valence-electron chi connectivity index (χ0n) is 15.1. The molecule has 0 radical (unpaired) electrons. The average Bonchev–Trinajstić information content (AvgIpc) is 2.59. The Balaban J connectivity index is 0.00000225. The van der Waals surface area contributed by atoms with Gasteiger partial charge in [0, 0.05) is 13.1 Å². The van der Waals surface area contributed by atoms with E-state index in [-0.39, 0.29) is 18.3 Å². The Hall–Kier alpha value is -1.84. The van der Waals surface area contributed by atoms with Crippen LogP contribution in [0.2, 0.25) is 0 Å². The second-order valence-corrected chi connectivity index (χ2v) is 6.43. The molecule has 0 unspecified atom stereocenters. The molecule has 0 aliphatic carbocycles. The molecule has 0 bridgehead atoms. The van der Waals surface area contributed by atoms with Crippen LogP contribution in [-0.2, 0) is 24.3 Å². The van der Waals surface area contributed by atoms with Crippen LogP contribution in [-0.4, -0.2) is 35.3 Å². The third-order valence-electron chi connectivity index (χ3n) is 4.95. The number of likely N-dealkylation sites (N-methyl/N-ethyl adjacent to an activating group) is 1. The van der Waals surface area contributed by atoms with Gasteiger partial charge >= 0.3 is 0 Å². The van der Waals surface area contributed by atoms with Crippen molar-refractivity contribution in [1.82, 2.24) is 9.80 Å². The smallest absolute Gasteiger partial charge is 0.237 e. The van der Waals surface area contributed by atoms with Crippen molar-refractivity contribution < 1.29 is 4.79 Å². The number of fused-ring (bicyclic) bond motifs is 2. The number of carbonyl (C=O) groups is 1. The molecule has 1 amide bonds. The van der Waals surface area contributed by atoms with E-state index in [1.165, 1.54) is 22.3 Å². The van der Waals surface area contributed by atoms with E-state index in [0.29, 0.717) is 19.6 Å². The number of amides is 1. The van der Waals surface area contributed by atoms with Gasteiger partial charge in [-0.1, -0.05) is 62.4 Å². The average molecular weight is 359 g/mol. The second kappa shape index (κ2) is 9.02. The van der Waals surface area contributed by atoms with Crippen LogP contribution < -0.4 is 0 Å². The largest absolute Gasteiger partial charge is 0.333 e. The molecule has 0 spiro atoms. The predicted molar refractivity (Wildman–Crippen MR) is 105 cm³/mol. The normalized spacial score (nSPS) is 13.3. The van der Waals surface area contributed by atoms with Gasteiger partial charge in [-0.15, -0.1) is 12.4 Å². The summed E-state index contributed by atoms with van der Waals surface area (Å²) in [6.07, 6.45) is 0.949. The van der Waals surface area contributed by atoms with E-state index < -0.39 is 0 Å². The minimum absolute atomic E-state index is 0. The minimum Gasteiger partial charge on any atom is -0.333 e. The van der Waals surface area contributed by atoms with Crippen LogP contribution in [0.4, 0.5) is 0 Å². The molecule has 0 N–H and O–H groups in total. The fourth-order valence-corrected chi connectivity index (χ4v) is 3.36. The molecule has 0 aromatic heterocycles. The van der Waals surface area contributed by atoms with Gasteiger partial charge in [-0.05, 0) is 41.8 Å². The standard InChI is InChI=1S/C21H26N2O.ClH/c1-3-22(4-2)16-21(24)23-14-19-11-7-5-9-17(19)13-18-10-6-8-12-20(18)15-23;/h5-12H,3-4,13-16H2,1-2H3;1H. The number of hydrogen-bond acceptors (Lipinski definition) is 2. The van der Waals surface area contributed by atoms with Crippen molar-refractivity contribution in [2.24, 2.45) is 0 Å². The molecule has 0 saturated heterocycles. The van der Waals surface area contributed by atoms with E-state index in [1.807, 2.05) is 4.90 Å². The van der Waals surface area contributed by atoms with E-state index in [4.69, 9.17) is 0 Å². The molecule has 1 aliphatic heterocycles. The Labute approximate surface area is 157 Å². The summed E-state index contributed by atoms with van der Waals surface area (Å²) in [4.78, 5) is 17.1. The van der Waals surface area contributed by atoms with Gasteiger partial charge in [-0.2, -0.15) is 0 Å². The van der Waals surface area contributed by atoms with E-state index in [0.717, 1.165) is 19.5 Å². The zero-order chi connectivity index (χ0) is 16.9. The summed E-state index contributed by atoms with van der Waals surface area (Å²) in [5.41, 5.74) is 5.18. The lowest BCUT2D eigenvalue weighted by atomic mass is 9.93. The highest BCUT2D eigenvalue weighted by Crippen LogP contribution is 2.24. The Bertz CT molecular complexity index is 665. The summed E-state index contributed by atoms with van der Waals surface area (Å²) >= 11 is 0. The number of benzene rings is 2. The summed E-state index contributed by atoms with van der Waals surface area (Å²) < 4.78 is 0. The van der Waals surface area contributed by atoms with Crippen LogP contribution in [0.3, 0.4) is 0 Å². The molecule has 0 fully saturated rings. The maximum atomic E-state index is 12.9. The molecule has 1 heterocycles. The van der Waals surface area contributed by atoms with E-state index in [9.17, 15) is 4.79 Å². The summed E-state index contributed by atoms with van der Waals surface area (Å²) in [5.74, 6) is 0.213. The molecule has 134 valence electrons. The SMILES string of the molecule is CCN(CC)CC(=O)N1Cc2ccccc2Cc2ccccc2C1.Cl. The molecule has 3 rings (SSSR count). The molecule has 4 heteroatoms. The third-order valence-corrected chi connectivity index (χ3v) is 4.95. The highest BCUT2D eigenvalue weighted by molar-refractivity contribution is 5.85. The second-order valence-electron chi connectivity index (χ2n) is 6.43. The van der Waals surface area contributed by atoms with Crippen LogP contribution in [0.15, 0.2) is 48.5 Å². The molecule has 2 aromatic carbocycles. The molecule has 0 atom stereocenters. The van der Waals surface area contributed by atoms with Gasteiger partial charge in [0.2, 0.25) is 5.91 Å². The first-order chi connectivity index (χ1) is 11.7. The first-order valence-electron chi connectivity index (χ1n) is 8.85. The molecule has 3 nitrogen and oxygen atoms in total. The Morgan fingerprint density at radius 3 is 1.76 bits per heavy atom. The quantitative estimate of drug-likeness (QED) is 0.828. The van der Waals surface area contributed by atoms with Crippen LogP contribution >= 0.6 is 12.4 Å². The van der Waals surface area contributed by atoms with E-state index in [1.54, 1.807) is 0 Å². The summed E-state index contributed by atoms with van der Waals surface area (Å²) in [6.45, 7) is 7.92. The monoisotopic (exact) mass is 358 g/mol. The highest BCUT2D eigenvalue weighted by atomic mass is 35.5. The Kier molecular flexibility index (Phi) is 7.03. The van der Waals surface area contributed by atoms with Crippen molar-refractivity contribution in [2.75, 3.05) is 19.6 Å². The lowest BCUT2D eigenvalue weighted by Gasteiger charge is -2.30. The molecular formula is C21H27ClN2O. The maximum Gasteiger partial charge on any atom is 0.237 e. The minimum atomic E-state index is 0. The highest BCUT2D eigenvalue weighted by Gasteiger charge is 2.21. The summed E-state index contributed by atoms with van der Waals surface area (Å²) in [5, 5.41) is 0. The van der Waals surface area contributed by atoms with Gasteiger partial charge in [0.15, 0.2) is 0 Å². The first-order valence-corrected chi connectivity index (χ1v) is 8.85. The fourth-order valence-electron chi connectivity index (χ4n) is 3.36. The van der Waals surface area contributed by atoms with Crippen LogP contribution in [0.5, 0.6) is 0 Å². The maximum absolute atomic E-state index is 12.9. The van der Waals surface area contributed by atoms with Crippen molar-refractivity contribution in [3.05, 3.63) is 70.8 Å². The van der Waals surface area contributed by atoms with Gasteiger partial charge in [0.05, 0.1) is 6.54 Å². The number of nitrogens with zero attached hydrogens (tertiary/aromatic N) is 2. The van der Waals surface area contributed by atoms with Crippen molar-refractivity contribution in [3.8, 4) is 0 Å². The topological polar surface area (TPSA) is 23.6 Å². The zero-order valence-corrected chi connectivity index (χ0v) is 15.9. The third kappa shape index (κ3) is 4.62. The van der Waals surface area contributed by atoms with Crippen LogP contribution in [0, 0.1) is 0 Å². The molecule has 2 aromatic rings. The lowest BCUT2D eigenvalue weighted by Crippen LogP contribution is -2.40. The van der Waals surface area contributed by atoms with Crippen molar-refractivity contribution >= 4 is 18.3 Å². The molecule has 0 saturated carbocycles. The van der Waals surface area contributed by atoms with Crippen molar-refractivity contribution in [1.29, 1.82) is 0 Å². The summed E-state index contributed by atoms with van der Waals surface area (Å²) in [7, 11) is 0. The van der Waals surface area contributed by atoms with Gasteiger partial charge in [-0.3, -0.25) is 9.69 Å². The summed E-state index contributed by atoms with van der Waals surface area (Å²) in [6, 6.07) is 17.0. The van der Waals surface area contributed by atoms with E-state index in [2.05, 4.69) is 67.3 Å². The van der Waals surface area contributed by atoms with Gasteiger partial charge < -0.3 is 4.90 Å².